The molecule has 3 fully saturated rings. The van der Waals surface area contributed by atoms with Gasteiger partial charge in [-0.1, -0.05) is 27.3 Å². The molecule has 0 amide bonds. The lowest BCUT2D eigenvalue weighted by Crippen LogP contribution is -2.37. The predicted molar refractivity (Wildman–Crippen MR) is 145 cm³/mol. The minimum absolute atomic E-state index is 0.00350. The van der Waals surface area contributed by atoms with Gasteiger partial charge in [-0.05, 0) is 73.3 Å². The second kappa shape index (κ2) is 10.1. The topological polar surface area (TPSA) is 68.9 Å². The van der Waals surface area contributed by atoms with Gasteiger partial charge in [0.25, 0.3) is 0 Å². The van der Waals surface area contributed by atoms with Crippen LogP contribution in [-0.2, 0) is 12.6 Å². The van der Waals surface area contributed by atoms with Gasteiger partial charge in [0.1, 0.15) is 11.5 Å². The minimum Gasteiger partial charge on any atom is -0.369 e. The Hall–Kier alpha value is -2.38. The highest BCUT2D eigenvalue weighted by atomic mass is 31.1. The second-order valence-corrected chi connectivity index (χ2v) is 13.1. The average molecular weight is 531 g/mol. The lowest BCUT2D eigenvalue weighted by atomic mass is 9.85. The molecule has 0 radical (unpaired) electrons. The summed E-state index contributed by atoms with van der Waals surface area (Å²) in [6.45, 7) is 5.16. The summed E-state index contributed by atoms with van der Waals surface area (Å²) < 4.78 is 41.1. The van der Waals surface area contributed by atoms with Crippen molar-refractivity contribution in [3.05, 3.63) is 35.5 Å². The van der Waals surface area contributed by atoms with Crippen LogP contribution in [-0.4, -0.2) is 57.9 Å². The number of fused-ring (bicyclic) bond motifs is 1. The molecule has 0 atom stereocenters. The molecule has 1 aromatic carbocycles. The summed E-state index contributed by atoms with van der Waals surface area (Å²) >= 11 is 0. The summed E-state index contributed by atoms with van der Waals surface area (Å²) in [6, 6.07) is 7.46. The number of aromatic amines is 1. The second-order valence-electron chi connectivity index (χ2n) is 10.6. The van der Waals surface area contributed by atoms with E-state index >= 15 is 0 Å². The monoisotopic (exact) mass is 530 g/mol. The summed E-state index contributed by atoms with van der Waals surface area (Å²) in [5, 5.41) is 7.95. The average Bonchev–Trinajstić information content (AvgIpc) is 3.61. The molecule has 1 aliphatic heterocycles. The molecular formula is C27H34F3N6P. The Morgan fingerprint density at radius 3 is 2.54 bits per heavy atom. The van der Waals surface area contributed by atoms with Gasteiger partial charge in [0.15, 0.2) is 0 Å². The van der Waals surface area contributed by atoms with Gasteiger partial charge >= 0.3 is 6.18 Å². The third kappa shape index (κ3) is 5.30. The van der Waals surface area contributed by atoms with Crippen molar-refractivity contribution in [2.75, 3.05) is 42.6 Å². The molecule has 6 nitrogen and oxygen atoms in total. The maximum Gasteiger partial charge on any atom is 0.418 e. The Balaban J connectivity index is 1.25. The Morgan fingerprint density at radius 2 is 1.89 bits per heavy atom. The minimum atomic E-state index is -4.48. The lowest BCUT2D eigenvalue weighted by Gasteiger charge is -2.32. The van der Waals surface area contributed by atoms with Crippen LogP contribution in [0.4, 0.5) is 30.6 Å². The van der Waals surface area contributed by atoms with Crippen LogP contribution in [0.25, 0.3) is 11.0 Å². The van der Waals surface area contributed by atoms with E-state index in [2.05, 4.69) is 55.6 Å². The number of H-pyrrole nitrogens is 1. The Kier molecular flexibility index (Phi) is 6.78. The maximum absolute atomic E-state index is 13.7. The number of nitrogens with zero attached hydrogens (tertiary/aromatic N) is 3. The third-order valence-corrected chi connectivity index (χ3v) is 10.6. The summed E-state index contributed by atoms with van der Waals surface area (Å²) in [6.07, 6.45) is 5.96. The van der Waals surface area contributed by atoms with Gasteiger partial charge in [0.05, 0.1) is 10.9 Å². The highest BCUT2D eigenvalue weighted by molar-refractivity contribution is 7.65. The van der Waals surface area contributed by atoms with Crippen LogP contribution >= 0.6 is 7.92 Å². The molecule has 2 saturated carbocycles. The molecule has 3 aromatic rings. The number of aromatic nitrogens is 3. The number of nitrogens with one attached hydrogen (secondary N) is 3. The fourth-order valence-electron chi connectivity index (χ4n) is 5.48. The van der Waals surface area contributed by atoms with E-state index in [0.29, 0.717) is 18.4 Å². The normalized spacial score (nSPS) is 19.8. The van der Waals surface area contributed by atoms with Crippen molar-refractivity contribution in [1.29, 1.82) is 0 Å². The van der Waals surface area contributed by atoms with E-state index in [1.165, 1.54) is 55.5 Å². The molecule has 0 bridgehead atoms. The van der Waals surface area contributed by atoms with Crippen LogP contribution in [0.1, 0.15) is 50.2 Å². The Labute approximate surface area is 216 Å². The van der Waals surface area contributed by atoms with Crippen molar-refractivity contribution in [2.24, 2.45) is 5.92 Å². The van der Waals surface area contributed by atoms with Gasteiger partial charge in [-0.3, -0.25) is 4.90 Å². The molecule has 6 rings (SSSR count). The first-order valence-corrected chi connectivity index (χ1v) is 15.2. The first-order valence-electron chi connectivity index (χ1n) is 13.5. The van der Waals surface area contributed by atoms with E-state index in [0.717, 1.165) is 37.2 Å². The SMILES string of the molecule is CCc1cc(P2CCN(C3CC3)CC2)ccc1Nc1nc(NCC2CCC2)c2c(C(F)(F)F)c[nH]c2n1. The van der Waals surface area contributed by atoms with Crippen LogP contribution in [0, 0.1) is 5.92 Å². The molecule has 37 heavy (non-hydrogen) atoms. The summed E-state index contributed by atoms with van der Waals surface area (Å²) in [5.41, 5.74) is 1.53. The number of hydrogen-bond donors (Lipinski definition) is 3. The molecule has 198 valence electrons. The van der Waals surface area contributed by atoms with E-state index in [1.54, 1.807) is 0 Å². The van der Waals surface area contributed by atoms with Crippen molar-refractivity contribution >= 4 is 41.7 Å². The Morgan fingerprint density at radius 1 is 1.11 bits per heavy atom. The highest BCUT2D eigenvalue weighted by Crippen LogP contribution is 2.41. The van der Waals surface area contributed by atoms with Crippen LogP contribution in [0.5, 0.6) is 0 Å². The van der Waals surface area contributed by atoms with Crippen molar-refractivity contribution in [3.8, 4) is 0 Å². The maximum atomic E-state index is 13.7. The van der Waals surface area contributed by atoms with Crippen LogP contribution in [0.15, 0.2) is 24.4 Å². The van der Waals surface area contributed by atoms with E-state index in [4.69, 9.17) is 0 Å². The van der Waals surface area contributed by atoms with Gasteiger partial charge in [0, 0.05) is 37.6 Å². The highest BCUT2D eigenvalue weighted by Gasteiger charge is 2.36. The van der Waals surface area contributed by atoms with E-state index in [1.807, 2.05) is 0 Å². The molecular weight excluding hydrogens is 496 g/mol. The molecule has 3 N–H and O–H groups in total. The zero-order valence-corrected chi connectivity index (χ0v) is 22.1. The number of rotatable bonds is 8. The number of alkyl halides is 3. The van der Waals surface area contributed by atoms with Crippen molar-refractivity contribution in [2.45, 2.75) is 57.7 Å². The smallest absolute Gasteiger partial charge is 0.369 e. The summed E-state index contributed by atoms with van der Waals surface area (Å²) in [5.74, 6) is 1.01. The molecule has 10 heteroatoms. The number of aryl methyl sites for hydroxylation is 1. The third-order valence-electron chi connectivity index (χ3n) is 8.08. The van der Waals surface area contributed by atoms with Crippen LogP contribution in [0.2, 0.25) is 0 Å². The molecule has 1 saturated heterocycles. The predicted octanol–water partition coefficient (Wildman–Crippen LogP) is 6.08. The largest absolute Gasteiger partial charge is 0.418 e. The zero-order chi connectivity index (χ0) is 25.6. The van der Waals surface area contributed by atoms with E-state index in [-0.39, 0.29) is 24.8 Å². The number of hydrogen-bond acceptors (Lipinski definition) is 5. The fourth-order valence-corrected chi connectivity index (χ4v) is 7.84. The van der Waals surface area contributed by atoms with Gasteiger partial charge in [0.2, 0.25) is 5.95 Å². The molecule has 3 aliphatic rings. The first kappa shape index (κ1) is 24.9. The van der Waals surface area contributed by atoms with Crippen molar-refractivity contribution in [1.82, 2.24) is 19.9 Å². The fraction of sp³-hybridized carbons (Fsp3) is 0.556. The first-order chi connectivity index (χ1) is 17.9. The van der Waals surface area contributed by atoms with Crippen LogP contribution < -0.4 is 15.9 Å². The van der Waals surface area contributed by atoms with Crippen LogP contribution in [0.3, 0.4) is 0 Å². The van der Waals surface area contributed by atoms with E-state index in [9.17, 15) is 13.2 Å². The molecule has 0 unspecified atom stereocenters. The quantitative estimate of drug-likeness (QED) is 0.308. The van der Waals surface area contributed by atoms with Gasteiger partial charge in [-0.25, -0.2) is 0 Å². The standard InChI is InChI=1S/C27H34F3N6P/c1-2-18-14-20(37-12-10-36(11-13-37)19-6-7-19)8-9-22(18)33-26-34-24(31-15-17-4-3-5-17)23-21(27(28,29)30)16-32-25(23)35-26/h8-9,14,16-17,19H,2-7,10-13,15H2,1H3,(H3,31,32,33,34,35). The Bertz CT molecular complexity index is 1260. The molecule has 2 aromatic heterocycles. The number of benzene rings is 1. The lowest BCUT2D eigenvalue weighted by molar-refractivity contribution is -0.136. The van der Waals surface area contributed by atoms with Gasteiger partial charge in [-0.2, -0.15) is 23.1 Å². The molecule has 0 spiro atoms. The van der Waals surface area contributed by atoms with E-state index < -0.39 is 11.7 Å². The number of anilines is 3. The summed E-state index contributed by atoms with van der Waals surface area (Å²) in [4.78, 5) is 14.3. The van der Waals surface area contributed by atoms with Crippen molar-refractivity contribution in [3.63, 3.8) is 0 Å². The summed E-state index contributed by atoms with van der Waals surface area (Å²) in [7, 11) is -0.151. The van der Waals surface area contributed by atoms with Crippen molar-refractivity contribution < 1.29 is 13.2 Å². The number of halogens is 3. The van der Waals surface area contributed by atoms with Gasteiger partial charge in [-0.15, -0.1) is 0 Å². The molecule has 2 aliphatic carbocycles. The molecule has 3 heterocycles. The van der Waals surface area contributed by atoms with Gasteiger partial charge < -0.3 is 15.6 Å². The zero-order valence-electron chi connectivity index (χ0n) is 21.2.